The van der Waals surface area contributed by atoms with Crippen LogP contribution >= 0.6 is 15.9 Å². The number of aryl methyl sites for hydroxylation is 1. The number of nitrogens with zero attached hydrogens (tertiary/aromatic N) is 1. The van der Waals surface area contributed by atoms with Gasteiger partial charge in [-0.25, -0.2) is 16.8 Å². The van der Waals surface area contributed by atoms with Crippen LogP contribution in [-0.2, 0) is 20.0 Å². The van der Waals surface area contributed by atoms with Gasteiger partial charge in [-0.15, -0.1) is 0 Å². The normalized spacial score (nSPS) is 12.3. The maximum Gasteiger partial charge on any atom is 0.261 e. The maximum atomic E-state index is 12.6. The van der Waals surface area contributed by atoms with Crippen molar-refractivity contribution in [3.05, 3.63) is 52.5 Å². The van der Waals surface area contributed by atoms with Gasteiger partial charge in [0.2, 0.25) is 10.0 Å². The van der Waals surface area contributed by atoms with E-state index in [2.05, 4.69) is 20.7 Å². The fourth-order valence-corrected chi connectivity index (χ4v) is 5.32. The monoisotopic (exact) mass is 460 g/mol. The average Bonchev–Trinajstić information content (AvgIpc) is 2.58. The van der Waals surface area contributed by atoms with Gasteiger partial charge in [0, 0.05) is 17.6 Å². The first kappa shape index (κ1) is 20.9. The summed E-state index contributed by atoms with van der Waals surface area (Å²) in [6, 6.07) is 10.5. The molecule has 0 amide bonds. The van der Waals surface area contributed by atoms with E-state index in [1.807, 2.05) is 0 Å². The van der Waals surface area contributed by atoms with E-state index in [-0.39, 0.29) is 15.5 Å². The Morgan fingerprint density at radius 3 is 2.19 bits per heavy atom. The highest BCUT2D eigenvalue weighted by Gasteiger charge is 2.22. The Morgan fingerprint density at radius 2 is 1.62 bits per heavy atom. The lowest BCUT2D eigenvalue weighted by atomic mass is 10.2. The molecule has 2 rings (SSSR count). The van der Waals surface area contributed by atoms with Crippen molar-refractivity contribution < 1.29 is 16.8 Å². The molecule has 9 heteroatoms. The lowest BCUT2D eigenvalue weighted by molar-refractivity contribution is 0.445. The number of nitrogens with one attached hydrogen (secondary N) is 1. The molecular weight excluding hydrogens is 440 g/mol. The average molecular weight is 461 g/mol. The third kappa shape index (κ3) is 4.46. The smallest absolute Gasteiger partial charge is 0.261 e. The van der Waals surface area contributed by atoms with Crippen molar-refractivity contribution in [3.8, 4) is 0 Å². The molecule has 0 aliphatic heterocycles. The maximum absolute atomic E-state index is 12.6. The summed E-state index contributed by atoms with van der Waals surface area (Å²) in [5.74, 6) is 0. The molecule has 0 saturated carbocycles. The molecule has 0 aromatic heterocycles. The van der Waals surface area contributed by atoms with Crippen LogP contribution in [0.15, 0.2) is 56.7 Å². The third-order valence-electron chi connectivity index (χ3n) is 3.87. The van der Waals surface area contributed by atoms with Crippen LogP contribution in [0.5, 0.6) is 0 Å². The molecule has 0 atom stereocenters. The van der Waals surface area contributed by atoms with Gasteiger partial charge in [-0.05, 0) is 48.9 Å². The van der Waals surface area contributed by atoms with Gasteiger partial charge >= 0.3 is 0 Å². The van der Waals surface area contributed by atoms with Gasteiger partial charge in [0.15, 0.2) is 0 Å². The van der Waals surface area contributed by atoms with E-state index in [0.29, 0.717) is 13.1 Å². The third-order valence-corrected chi connectivity index (χ3v) is 8.18. The van der Waals surface area contributed by atoms with E-state index >= 15 is 0 Å². The molecule has 26 heavy (non-hydrogen) atoms. The van der Waals surface area contributed by atoms with Gasteiger partial charge in [0.1, 0.15) is 0 Å². The van der Waals surface area contributed by atoms with Crippen molar-refractivity contribution in [2.45, 2.75) is 30.6 Å². The number of hydrogen-bond donors (Lipinski definition) is 1. The van der Waals surface area contributed by atoms with E-state index in [1.54, 1.807) is 32.9 Å². The van der Waals surface area contributed by atoms with Crippen molar-refractivity contribution >= 4 is 41.7 Å². The largest absolute Gasteiger partial charge is 0.280 e. The van der Waals surface area contributed by atoms with Crippen molar-refractivity contribution in [1.82, 2.24) is 4.31 Å². The topological polar surface area (TPSA) is 83.6 Å². The van der Waals surface area contributed by atoms with Crippen LogP contribution in [0.3, 0.4) is 0 Å². The van der Waals surface area contributed by atoms with E-state index in [0.717, 1.165) is 10.0 Å². The Hall–Kier alpha value is -1.42. The van der Waals surface area contributed by atoms with Crippen LogP contribution in [0.25, 0.3) is 0 Å². The molecule has 142 valence electrons. The molecule has 0 saturated heterocycles. The number of sulfonamides is 2. The summed E-state index contributed by atoms with van der Waals surface area (Å²) >= 11 is 3.33. The number of hydrogen-bond acceptors (Lipinski definition) is 4. The summed E-state index contributed by atoms with van der Waals surface area (Å²) in [4.78, 5) is 0.156. The lowest BCUT2D eigenvalue weighted by Crippen LogP contribution is -2.30. The Labute approximate surface area is 163 Å². The first-order chi connectivity index (χ1) is 12.1. The summed E-state index contributed by atoms with van der Waals surface area (Å²) in [5.41, 5.74) is 0.976. The summed E-state index contributed by atoms with van der Waals surface area (Å²) in [6.07, 6.45) is 0. The fraction of sp³-hybridized carbons (Fsp3) is 0.294. The highest BCUT2D eigenvalue weighted by atomic mass is 79.9. The predicted molar refractivity (Wildman–Crippen MR) is 106 cm³/mol. The Balaban J connectivity index is 2.37. The van der Waals surface area contributed by atoms with E-state index in [1.165, 1.54) is 34.6 Å². The van der Waals surface area contributed by atoms with Crippen molar-refractivity contribution in [2.75, 3.05) is 17.8 Å². The summed E-state index contributed by atoms with van der Waals surface area (Å²) in [7, 11) is -7.49. The molecule has 0 unspecified atom stereocenters. The highest BCUT2D eigenvalue weighted by molar-refractivity contribution is 9.10. The van der Waals surface area contributed by atoms with Gasteiger partial charge in [-0.1, -0.05) is 35.8 Å². The van der Waals surface area contributed by atoms with Crippen LogP contribution in [0.4, 0.5) is 5.69 Å². The summed E-state index contributed by atoms with van der Waals surface area (Å²) in [5, 5.41) is 0. The Bertz CT molecular complexity index is 1000. The number of benzene rings is 2. The molecule has 0 fully saturated rings. The summed E-state index contributed by atoms with van der Waals surface area (Å²) in [6.45, 7) is 5.98. The molecule has 2 aromatic rings. The Morgan fingerprint density at radius 1 is 0.962 bits per heavy atom. The fourth-order valence-electron chi connectivity index (χ4n) is 2.43. The standard InChI is InChI=1S/C17H21BrN2O4S2/c1-4-20(5-2)26(23,24)16-8-6-7-14(12-16)19-25(21,22)15-9-10-17(18)13(3)11-15/h6-12,19H,4-5H2,1-3H3. The van der Waals surface area contributed by atoms with Crippen LogP contribution in [0, 0.1) is 6.92 Å². The van der Waals surface area contributed by atoms with Crippen LogP contribution in [0.1, 0.15) is 19.4 Å². The van der Waals surface area contributed by atoms with Crippen LogP contribution in [-0.4, -0.2) is 34.2 Å². The van der Waals surface area contributed by atoms with Crippen molar-refractivity contribution in [1.29, 1.82) is 0 Å². The van der Waals surface area contributed by atoms with Crippen molar-refractivity contribution in [3.63, 3.8) is 0 Å². The number of anilines is 1. The molecule has 0 bridgehead atoms. The minimum Gasteiger partial charge on any atom is -0.280 e. The molecule has 1 N–H and O–H groups in total. The van der Waals surface area contributed by atoms with E-state index < -0.39 is 20.0 Å². The second kappa shape index (κ2) is 8.08. The molecule has 6 nitrogen and oxygen atoms in total. The second-order valence-electron chi connectivity index (χ2n) is 5.63. The molecule has 0 spiro atoms. The predicted octanol–water partition coefficient (Wildman–Crippen LogP) is 3.59. The second-order valence-corrected chi connectivity index (χ2v) is 10.1. The Kier molecular flexibility index (Phi) is 6.49. The van der Waals surface area contributed by atoms with E-state index in [9.17, 15) is 16.8 Å². The lowest BCUT2D eigenvalue weighted by Gasteiger charge is -2.19. The molecular formula is C17H21BrN2O4S2. The highest BCUT2D eigenvalue weighted by Crippen LogP contribution is 2.24. The minimum atomic E-state index is -3.83. The quantitative estimate of drug-likeness (QED) is 0.683. The van der Waals surface area contributed by atoms with Crippen LogP contribution < -0.4 is 4.72 Å². The van der Waals surface area contributed by atoms with Gasteiger partial charge in [-0.3, -0.25) is 4.72 Å². The molecule has 0 aliphatic rings. The first-order valence-corrected chi connectivity index (χ1v) is 11.7. The van der Waals surface area contributed by atoms with Crippen molar-refractivity contribution in [2.24, 2.45) is 0 Å². The zero-order chi connectivity index (χ0) is 19.5. The molecule has 0 aliphatic carbocycles. The number of rotatable bonds is 7. The van der Waals surface area contributed by atoms with E-state index in [4.69, 9.17) is 0 Å². The van der Waals surface area contributed by atoms with Gasteiger partial charge in [0.25, 0.3) is 10.0 Å². The zero-order valence-electron chi connectivity index (χ0n) is 14.7. The molecule has 0 heterocycles. The van der Waals surface area contributed by atoms with Gasteiger partial charge < -0.3 is 0 Å². The van der Waals surface area contributed by atoms with Crippen LogP contribution in [0.2, 0.25) is 0 Å². The SMILES string of the molecule is CCN(CC)S(=O)(=O)c1cccc(NS(=O)(=O)c2ccc(Br)c(C)c2)c1. The zero-order valence-corrected chi connectivity index (χ0v) is 17.9. The minimum absolute atomic E-state index is 0.0494. The molecule has 0 radical (unpaired) electrons. The molecule has 2 aromatic carbocycles. The number of halogens is 1. The summed E-state index contributed by atoms with van der Waals surface area (Å²) < 4.78 is 55.0. The first-order valence-electron chi connectivity index (χ1n) is 8.01. The van der Waals surface area contributed by atoms with Gasteiger partial charge in [-0.2, -0.15) is 4.31 Å². The van der Waals surface area contributed by atoms with Gasteiger partial charge in [0.05, 0.1) is 15.5 Å².